The van der Waals surface area contributed by atoms with Crippen LogP contribution in [-0.2, 0) is 24.3 Å². The molecular formula is C19H25N3O2. The maximum atomic E-state index is 13.2. The molecule has 0 fully saturated rings. The number of fused-ring (bicyclic) bond motifs is 1. The Balaban J connectivity index is 1.76. The van der Waals surface area contributed by atoms with Gasteiger partial charge in [-0.15, -0.1) is 0 Å². The maximum Gasteiger partial charge on any atom is 0.226 e. The molecule has 3 rings (SSSR count). The lowest BCUT2D eigenvalue weighted by molar-refractivity contribution is -0.139. The molecule has 2 aromatic rings. The van der Waals surface area contributed by atoms with E-state index < -0.39 is 0 Å². The fraction of sp³-hybridized carbons (Fsp3) is 0.474. The Morgan fingerprint density at radius 2 is 2.21 bits per heavy atom. The highest BCUT2D eigenvalue weighted by Gasteiger charge is 2.30. The van der Waals surface area contributed by atoms with E-state index in [-0.39, 0.29) is 24.5 Å². The Bertz CT molecular complexity index is 668. The molecule has 0 saturated carbocycles. The fourth-order valence-corrected chi connectivity index (χ4v) is 3.39. The highest BCUT2D eigenvalue weighted by molar-refractivity contribution is 5.79. The van der Waals surface area contributed by atoms with Crippen LogP contribution in [0.5, 0.6) is 0 Å². The molecule has 2 heterocycles. The molecule has 0 radical (unpaired) electrons. The number of hydrogen-bond donors (Lipinski definition) is 1. The average Bonchev–Trinajstić information content (AvgIpc) is 3.08. The van der Waals surface area contributed by atoms with Crippen LogP contribution < -0.4 is 0 Å². The Hall–Kier alpha value is -2.14. The van der Waals surface area contributed by atoms with E-state index in [0.717, 1.165) is 30.6 Å². The first-order chi connectivity index (χ1) is 11.7. The summed E-state index contributed by atoms with van der Waals surface area (Å²) in [5.41, 5.74) is 2.26. The molecule has 1 aliphatic rings. The van der Waals surface area contributed by atoms with Crippen molar-refractivity contribution in [2.45, 2.75) is 45.3 Å². The van der Waals surface area contributed by atoms with Crippen LogP contribution in [0.3, 0.4) is 0 Å². The third kappa shape index (κ3) is 3.67. The molecule has 0 spiro atoms. The Morgan fingerprint density at radius 3 is 2.96 bits per heavy atom. The van der Waals surface area contributed by atoms with E-state index >= 15 is 0 Å². The summed E-state index contributed by atoms with van der Waals surface area (Å²) in [7, 11) is 0. The zero-order chi connectivity index (χ0) is 16.9. The number of aliphatic hydroxyl groups excluding tert-OH is 1. The highest BCUT2D eigenvalue weighted by Crippen LogP contribution is 2.24. The van der Waals surface area contributed by atoms with Crippen molar-refractivity contribution in [1.82, 2.24) is 14.5 Å². The second kappa shape index (κ2) is 7.62. The van der Waals surface area contributed by atoms with E-state index in [9.17, 15) is 9.90 Å². The van der Waals surface area contributed by atoms with Crippen molar-refractivity contribution in [1.29, 1.82) is 0 Å². The summed E-state index contributed by atoms with van der Waals surface area (Å²) >= 11 is 0. The summed E-state index contributed by atoms with van der Waals surface area (Å²) in [6.45, 7) is 3.55. The predicted octanol–water partition coefficient (Wildman–Crippen LogP) is 2.25. The summed E-state index contributed by atoms with van der Waals surface area (Å²) in [5, 5.41) is 9.30. The minimum atomic E-state index is -0.000875. The zero-order valence-corrected chi connectivity index (χ0v) is 14.1. The van der Waals surface area contributed by atoms with Gasteiger partial charge in [0.2, 0.25) is 5.91 Å². The van der Waals surface area contributed by atoms with Gasteiger partial charge in [-0.2, -0.15) is 0 Å². The molecular weight excluding hydrogens is 302 g/mol. The van der Waals surface area contributed by atoms with E-state index in [1.54, 1.807) is 0 Å². The van der Waals surface area contributed by atoms with Crippen molar-refractivity contribution in [3.63, 3.8) is 0 Å². The maximum absolute atomic E-state index is 13.2. The molecule has 128 valence electrons. The number of aryl methyl sites for hydroxylation is 1. The SMILES string of the molecule is CC(CCO)N(Cc1ccccc1)C(=O)C1CCn2cncc2C1. The first-order valence-electron chi connectivity index (χ1n) is 8.63. The van der Waals surface area contributed by atoms with Crippen molar-refractivity contribution in [2.75, 3.05) is 6.61 Å². The van der Waals surface area contributed by atoms with Crippen LogP contribution in [0.4, 0.5) is 0 Å². The van der Waals surface area contributed by atoms with Gasteiger partial charge in [-0.1, -0.05) is 30.3 Å². The normalized spacial score (nSPS) is 18.0. The van der Waals surface area contributed by atoms with Gasteiger partial charge < -0.3 is 14.6 Å². The lowest BCUT2D eigenvalue weighted by Crippen LogP contribution is -2.44. The third-order valence-electron chi connectivity index (χ3n) is 4.88. The Labute approximate surface area is 142 Å². The number of aliphatic hydroxyl groups is 1. The Morgan fingerprint density at radius 1 is 1.42 bits per heavy atom. The molecule has 1 aromatic carbocycles. The molecule has 2 atom stereocenters. The number of aromatic nitrogens is 2. The molecule has 1 amide bonds. The van der Waals surface area contributed by atoms with Gasteiger partial charge >= 0.3 is 0 Å². The summed E-state index contributed by atoms with van der Waals surface area (Å²) in [5.74, 6) is 0.186. The predicted molar refractivity (Wildman–Crippen MR) is 92.2 cm³/mol. The fourth-order valence-electron chi connectivity index (χ4n) is 3.39. The number of benzene rings is 1. The van der Waals surface area contributed by atoms with Gasteiger partial charge in [-0.3, -0.25) is 4.79 Å². The number of carbonyl (C=O) groups excluding carboxylic acids is 1. The molecule has 5 nitrogen and oxygen atoms in total. The van der Waals surface area contributed by atoms with Crippen molar-refractivity contribution < 1.29 is 9.90 Å². The van der Waals surface area contributed by atoms with E-state index in [1.807, 2.05) is 54.7 Å². The van der Waals surface area contributed by atoms with Crippen LogP contribution in [0.15, 0.2) is 42.9 Å². The minimum Gasteiger partial charge on any atom is -0.396 e. The van der Waals surface area contributed by atoms with Crippen LogP contribution in [0.1, 0.15) is 31.0 Å². The minimum absolute atomic E-state index is 0.000875. The molecule has 24 heavy (non-hydrogen) atoms. The van der Waals surface area contributed by atoms with Gasteiger partial charge in [-0.05, 0) is 25.3 Å². The number of imidazole rings is 1. The lowest BCUT2D eigenvalue weighted by Gasteiger charge is -2.34. The van der Waals surface area contributed by atoms with Gasteiger partial charge in [0.05, 0.1) is 6.33 Å². The second-order valence-electron chi connectivity index (χ2n) is 6.58. The van der Waals surface area contributed by atoms with E-state index in [0.29, 0.717) is 13.0 Å². The van der Waals surface area contributed by atoms with Crippen LogP contribution in [0, 0.1) is 5.92 Å². The topological polar surface area (TPSA) is 58.4 Å². The van der Waals surface area contributed by atoms with Crippen LogP contribution >= 0.6 is 0 Å². The molecule has 1 N–H and O–H groups in total. The third-order valence-corrected chi connectivity index (χ3v) is 4.88. The average molecular weight is 327 g/mol. The molecule has 5 heteroatoms. The molecule has 0 aliphatic carbocycles. The van der Waals surface area contributed by atoms with E-state index in [1.165, 1.54) is 0 Å². The van der Waals surface area contributed by atoms with Gasteiger partial charge in [0.15, 0.2) is 0 Å². The van der Waals surface area contributed by atoms with Gasteiger partial charge in [-0.25, -0.2) is 4.98 Å². The summed E-state index contributed by atoms with van der Waals surface area (Å²) in [6.07, 6.45) is 5.89. The van der Waals surface area contributed by atoms with Crippen LogP contribution in [-0.4, -0.2) is 38.1 Å². The Kier molecular flexibility index (Phi) is 5.30. The lowest BCUT2D eigenvalue weighted by atomic mass is 9.93. The summed E-state index contributed by atoms with van der Waals surface area (Å²) in [4.78, 5) is 19.3. The number of hydrogen-bond acceptors (Lipinski definition) is 3. The van der Waals surface area contributed by atoms with Crippen molar-refractivity contribution in [3.05, 3.63) is 54.1 Å². The zero-order valence-electron chi connectivity index (χ0n) is 14.1. The van der Waals surface area contributed by atoms with Crippen LogP contribution in [0.25, 0.3) is 0 Å². The number of amides is 1. The first kappa shape index (κ1) is 16.7. The van der Waals surface area contributed by atoms with E-state index in [4.69, 9.17) is 0 Å². The largest absolute Gasteiger partial charge is 0.396 e. The standard InChI is InChI=1S/C19H25N3O2/c1-15(8-10-23)22(13-16-5-3-2-4-6-16)19(24)17-7-9-21-14-20-12-18(21)11-17/h2-6,12,14-15,17,23H,7-11,13H2,1H3. The number of rotatable bonds is 6. The number of nitrogens with zero attached hydrogens (tertiary/aromatic N) is 3. The highest BCUT2D eigenvalue weighted by atomic mass is 16.3. The first-order valence-corrected chi connectivity index (χ1v) is 8.63. The molecule has 1 aliphatic heterocycles. The van der Waals surface area contributed by atoms with Crippen molar-refractivity contribution in [2.24, 2.45) is 5.92 Å². The molecule has 2 unspecified atom stereocenters. The van der Waals surface area contributed by atoms with E-state index in [2.05, 4.69) is 9.55 Å². The van der Waals surface area contributed by atoms with Crippen molar-refractivity contribution >= 4 is 5.91 Å². The molecule has 0 bridgehead atoms. The summed E-state index contributed by atoms with van der Waals surface area (Å²) < 4.78 is 2.13. The van der Waals surface area contributed by atoms with Gasteiger partial charge in [0.25, 0.3) is 0 Å². The van der Waals surface area contributed by atoms with Gasteiger partial charge in [0.1, 0.15) is 0 Å². The molecule has 0 saturated heterocycles. The quantitative estimate of drug-likeness (QED) is 0.885. The van der Waals surface area contributed by atoms with Crippen LogP contribution in [0.2, 0.25) is 0 Å². The monoisotopic (exact) mass is 327 g/mol. The number of carbonyl (C=O) groups is 1. The van der Waals surface area contributed by atoms with Gasteiger partial charge in [0, 0.05) is 50.0 Å². The molecule has 1 aromatic heterocycles. The smallest absolute Gasteiger partial charge is 0.226 e. The second-order valence-corrected chi connectivity index (χ2v) is 6.58. The van der Waals surface area contributed by atoms with Crippen molar-refractivity contribution in [3.8, 4) is 0 Å². The summed E-state index contributed by atoms with van der Waals surface area (Å²) in [6, 6.07) is 10.1.